The Morgan fingerprint density at radius 1 is 1.02 bits per heavy atom. The molecule has 40 heavy (non-hydrogen) atoms. The van der Waals surface area contributed by atoms with Crippen molar-refractivity contribution in [3.63, 3.8) is 0 Å². The molecule has 0 saturated heterocycles. The molecule has 0 aromatic heterocycles. The summed E-state index contributed by atoms with van der Waals surface area (Å²) in [5.41, 5.74) is 1.13. The van der Waals surface area contributed by atoms with E-state index in [0.29, 0.717) is 6.54 Å². The third-order valence-corrected chi connectivity index (χ3v) is 8.28. The van der Waals surface area contributed by atoms with Gasteiger partial charge in [0, 0.05) is 18.7 Å². The van der Waals surface area contributed by atoms with Crippen molar-refractivity contribution in [1.82, 2.24) is 10.2 Å². The minimum Gasteiger partial charge on any atom is -0.495 e. The Kier molecular flexibility index (Phi) is 10.7. The standard InChI is InChI=1S/C30H36FN3O5S/c1-5-6-18-32-30(36)23(3)33(20-24-12-10-11-15-26(24)31)29(35)21-34(27-19-22(2)16-17-28(27)39-4)40(37,38)25-13-8-7-9-14-25/h7-17,19,23H,5-6,18,20-21H2,1-4H3,(H,32,36)/t23-/m1/s1. The molecule has 3 aromatic carbocycles. The van der Waals surface area contributed by atoms with Crippen molar-refractivity contribution in [2.24, 2.45) is 0 Å². The molecule has 0 fully saturated rings. The summed E-state index contributed by atoms with van der Waals surface area (Å²) in [5.74, 6) is -1.37. The van der Waals surface area contributed by atoms with Crippen LogP contribution in [-0.2, 0) is 26.2 Å². The first-order valence-electron chi connectivity index (χ1n) is 13.1. The van der Waals surface area contributed by atoms with Crippen LogP contribution in [0.4, 0.5) is 10.1 Å². The maximum absolute atomic E-state index is 14.6. The van der Waals surface area contributed by atoms with Crippen molar-refractivity contribution in [2.45, 2.75) is 51.1 Å². The fourth-order valence-corrected chi connectivity index (χ4v) is 5.59. The summed E-state index contributed by atoms with van der Waals surface area (Å²) in [5, 5.41) is 2.81. The summed E-state index contributed by atoms with van der Waals surface area (Å²) in [4.78, 5) is 28.2. The van der Waals surface area contributed by atoms with Gasteiger partial charge in [0.2, 0.25) is 11.8 Å². The average molecular weight is 570 g/mol. The smallest absolute Gasteiger partial charge is 0.264 e. The van der Waals surface area contributed by atoms with Gasteiger partial charge in [-0.1, -0.05) is 55.8 Å². The quantitative estimate of drug-likeness (QED) is 0.302. The van der Waals surface area contributed by atoms with E-state index in [1.807, 2.05) is 6.92 Å². The van der Waals surface area contributed by atoms with Crippen molar-refractivity contribution < 1.29 is 27.1 Å². The Balaban J connectivity index is 2.07. The second-order valence-electron chi connectivity index (χ2n) is 9.43. The largest absolute Gasteiger partial charge is 0.495 e. The topological polar surface area (TPSA) is 96.0 Å². The maximum Gasteiger partial charge on any atom is 0.264 e. The van der Waals surface area contributed by atoms with Crippen LogP contribution in [0.15, 0.2) is 77.7 Å². The van der Waals surface area contributed by atoms with Gasteiger partial charge < -0.3 is 15.0 Å². The number of carbonyl (C=O) groups is 2. The molecule has 214 valence electrons. The molecule has 8 nitrogen and oxygen atoms in total. The summed E-state index contributed by atoms with van der Waals surface area (Å²) in [6.45, 7) is 4.89. The van der Waals surface area contributed by atoms with Gasteiger partial charge in [0.25, 0.3) is 10.0 Å². The third-order valence-electron chi connectivity index (χ3n) is 6.51. The van der Waals surface area contributed by atoms with E-state index in [0.717, 1.165) is 22.7 Å². The lowest BCUT2D eigenvalue weighted by molar-refractivity contribution is -0.139. The van der Waals surface area contributed by atoms with Crippen LogP contribution in [0.25, 0.3) is 0 Å². The fraction of sp³-hybridized carbons (Fsp3) is 0.333. The number of halogens is 1. The highest BCUT2D eigenvalue weighted by atomic mass is 32.2. The minimum absolute atomic E-state index is 0.0163. The van der Waals surface area contributed by atoms with Gasteiger partial charge in [-0.15, -0.1) is 0 Å². The van der Waals surface area contributed by atoms with Gasteiger partial charge in [-0.05, 0) is 56.2 Å². The SMILES string of the molecule is CCCCNC(=O)[C@@H](C)N(Cc1ccccc1F)C(=O)CN(c1cc(C)ccc1OC)S(=O)(=O)c1ccccc1. The number of carbonyl (C=O) groups excluding carboxylic acids is 2. The number of hydrogen-bond acceptors (Lipinski definition) is 5. The molecule has 0 saturated carbocycles. The van der Waals surface area contributed by atoms with Crippen molar-refractivity contribution >= 4 is 27.5 Å². The van der Waals surface area contributed by atoms with Gasteiger partial charge in [0.15, 0.2) is 0 Å². The van der Waals surface area contributed by atoms with E-state index in [9.17, 15) is 22.4 Å². The molecule has 2 amide bonds. The van der Waals surface area contributed by atoms with Crippen molar-refractivity contribution in [3.8, 4) is 5.75 Å². The number of unbranched alkanes of at least 4 members (excludes halogenated alkanes) is 1. The number of sulfonamides is 1. The van der Waals surface area contributed by atoms with E-state index < -0.39 is 40.2 Å². The second-order valence-corrected chi connectivity index (χ2v) is 11.3. The molecular weight excluding hydrogens is 533 g/mol. The molecule has 0 aliphatic carbocycles. The van der Waals surface area contributed by atoms with E-state index in [1.54, 1.807) is 56.3 Å². The molecule has 1 atom stereocenters. The average Bonchev–Trinajstić information content (AvgIpc) is 2.95. The molecule has 3 aromatic rings. The van der Waals surface area contributed by atoms with Crippen LogP contribution in [0.1, 0.15) is 37.8 Å². The van der Waals surface area contributed by atoms with Gasteiger partial charge in [0.05, 0.1) is 17.7 Å². The lowest BCUT2D eigenvalue weighted by atomic mass is 10.1. The third kappa shape index (κ3) is 7.38. The molecule has 10 heteroatoms. The Bertz CT molecular complexity index is 1420. The number of hydrogen-bond donors (Lipinski definition) is 1. The highest BCUT2D eigenvalue weighted by Crippen LogP contribution is 2.33. The number of methoxy groups -OCH3 is 1. The Morgan fingerprint density at radius 2 is 1.70 bits per heavy atom. The summed E-state index contributed by atoms with van der Waals surface area (Å²) < 4.78 is 48.9. The van der Waals surface area contributed by atoms with E-state index >= 15 is 0 Å². The Labute approximate surface area is 235 Å². The number of rotatable bonds is 13. The second kappa shape index (κ2) is 13.9. The fourth-order valence-electron chi connectivity index (χ4n) is 4.16. The number of ether oxygens (including phenoxy) is 1. The lowest BCUT2D eigenvalue weighted by Gasteiger charge is -2.32. The molecule has 3 rings (SSSR count). The number of aryl methyl sites for hydroxylation is 1. The molecular formula is C30H36FN3O5S. The van der Waals surface area contributed by atoms with Crippen LogP contribution in [0.3, 0.4) is 0 Å². The summed E-state index contributed by atoms with van der Waals surface area (Å²) >= 11 is 0. The van der Waals surface area contributed by atoms with Crippen LogP contribution in [0, 0.1) is 12.7 Å². The normalized spacial score (nSPS) is 11.9. The number of benzene rings is 3. The zero-order valence-corrected chi connectivity index (χ0v) is 24.1. The van der Waals surface area contributed by atoms with Gasteiger partial charge in [0.1, 0.15) is 24.2 Å². The van der Waals surface area contributed by atoms with E-state index in [1.165, 1.54) is 42.3 Å². The van der Waals surface area contributed by atoms with Crippen molar-refractivity contribution in [1.29, 1.82) is 0 Å². The first-order chi connectivity index (χ1) is 19.1. The predicted octanol–water partition coefficient (Wildman–Crippen LogP) is 4.67. The highest BCUT2D eigenvalue weighted by molar-refractivity contribution is 7.92. The number of amides is 2. The molecule has 0 aliphatic rings. The molecule has 0 spiro atoms. The first kappa shape index (κ1) is 30.6. The molecule has 1 N–H and O–H groups in total. The molecule has 0 radical (unpaired) electrons. The van der Waals surface area contributed by atoms with Gasteiger partial charge in [-0.25, -0.2) is 12.8 Å². The minimum atomic E-state index is -4.25. The van der Waals surface area contributed by atoms with Crippen LogP contribution >= 0.6 is 0 Å². The number of nitrogens with zero attached hydrogens (tertiary/aromatic N) is 2. The zero-order valence-electron chi connectivity index (χ0n) is 23.3. The lowest BCUT2D eigenvalue weighted by Crippen LogP contribution is -2.51. The van der Waals surface area contributed by atoms with E-state index in [4.69, 9.17) is 4.74 Å². The van der Waals surface area contributed by atoms with Crippen LogP contribution < -0.4 is 14.4 Å². The van der Waals surface area contributed by atoms with Crippen LogP contribution in [-0.4, -0.2) is 51.4 Å². The van der Waals surface area contributed by atoms with E-state index in [2.05, 4.69) is 5.32 Å². The van der Waals surface area contributed by atoms with Gasteiger partial charge in [-0.3, -0.25) is 13.9 Å². The zero-order chi connectivity index (χ0) is 29.3. The molecule has 0 unspecified atom stereocenters. The first-order valence-corrected chi connectivity index (χ1v) is 14.6. The summed E-state index contributed by atoms with van der Waals surface area (Å²) in [7, 11) is -2.83. The van der Waals surface area contributed by atoms with Crippen molar-refractivity contribution in [2.75, 3.05) is 24.5 Å². The Hall–Kier alpha value is -3.92. The number of anilines is 1. The molecule has 0 bridgehead atoms. The molecule has 0 aliphatic heterocycles. The van der Waals surface area contributed by atoms with Crippen LogP contribution in [0.5, 0.6) is 5.75 Å². The molecule has 0 heterocycles. The summed E-state index contributed by atoms with van der Waals surface area (Å²) in [6, 6.07) is 17.7. The number of nitrogens with one attached hydrogen (secondary N) is 1. The van der Waals surface area contributed by atoms with Gasteiger partial charge in [-0.2, -0.15) is 0 Å². The van der Waals surface area contributed by atoms with E-state index in [-0.39, 0.29) is 28.4 Å². The Morgan fingerprint density at radius 3 is 2.35 bits per heavy atom. The van der Waals surface area contributed by atoms with Crippen molar-refractivity contribution in [3.05, 3.63) is 89.7 Å². The van der Waals surface area contributed by atoms with Gasteiger partial charge >= 0.3 is 0 Å². The summed E-state index contributed by atoms with van der Waals surface area (Å²) in [6.07, 6.45) is 1.63. The highest BCUT2D eigenvalue weighted by Gasteiger charge is 2.34. The van der Waals surface area contributed by atoms with Crippen LogP contribution in [0.2, 0.25) is 0 Å². The maximum atomic E-state index is 14.6. The monoisotopic (exact) mass is 569 g/mol. The predicted molar refractivity (Wildman–Crippen MR) is 153 cm³/mol.